The second kappa shape index (κ2) is 11.4. The summed E-state index contributed by atoms with van der Waals surface area (Å²) in [7, 11) is 1.60. The van der Waals surface area contributed by atoms with Crippen LogP contribution >= 0.6 is 0 Å². The minimum atomic E-state index is -1.37. The molecule has 2 rings (SSSR count). The van der Waals surface area contributed by atoms with Crippen LogP contribution in [0.3, 0.4) is 0 Å². The summed E-state index contributed by atoms with van der Waals surface area (Å²) in [6, 6.07) is 5.74. The molecule has 1 aromatic carbocycles. The van der Waals surface area contributed by atoms with Gasteiger partial charge in [0.1, 0.15) is 12.1 Å². The maximum absolute atomic E-state index is 13.5. The van der Waals surface area contributed by atoms with E-state index in [9.17, 15) is 24.0 Å². The molecule has 0 bridgehead atoms. The van der Waals surface area contributed by atoms with E-state index in [-0.39, 0.29) is 18.3 Å². The van der Waals surface area contributed by atoms with Gasteiger partial charge in [0.05, 0.1) is 48.4 Å². The predicted molar refractivity (Wildman–Crippen MR) is 122 cm³/mol. The van der Waals surface area contributed by atoms with Crippen molar-refractivity contribution in [1.82, 2.24) is 9.97 Å². The van der Waals surface area contributed by atoms with Gasteiger partial charge < -0.3 is 19.9 Å². The van der Waals surface area contributed by atoms with Crippen molar-refractivity contribution in [3.8, 4) is 11.3 Å². The number of carboxylic acids is 1. The van der Waals surface area contributed by atoms with Crippen LogP contribution in [0.2, 0.25) is 0 Å². The van der Waals surface area contributed by atoms with Crippen LogP contribution in [0.15, 0.2) is 30.3 Å². The molecule has 8 nitrogen and oxygen atoms in total. The molecule has 3 N–H and O–H groups in total. The summed E-state index contributed by atoms with van der Waals surface area (Å²) >= 11 is -1.37. The first-order chi connectivity index (χ1) is 15.0. The molecule has 0 amide bonds. The summed E-state index contributed by atoms with van der Waals surface area (Å²) < 4.78 is 26.9. The van der Waals surface area contributed by atoms with Crippen LogP contribution in [0.1, 0.15) is 43.9 Å². The third-order valence-electron chi connectivity index (χ3n) is 4.70. The number of aliphatic carboxylic acids is 1. The smallest absolute Gasteiger partial charge is 0.305 e. The fraction of sp³-hybridized carbons (Fsp3) is 0.409. The summed E-state index contributed by atoms with van der Waals surface area (Å²) in [5.41, 5.74) is 2.27. The van der Waals surface area contributed by atoms with E-state index in [1.807, 2.05) is 13.8 Å². The molecule has 1 unspecified atom stereocenters. The van der Waals surface area contributed by atoms with Gasteiger partial charge in [-0.3, -0.25) is 4.79 Å². The van der Waals surface area contributed by atoms with Crippen molar-refractivity contribution in [3.63, 3.8) is 0 Å². The summed E-state index contributed by atoms with van der Waals surface area (Å²) in [6.45, 7) is 3.85. The highest BCUT2D eigenvalue weighted by molar-refractivity contribution is 7.92. The van der Waals surface area contributed by atoms with E-state index < -0.39 is 41.8 Å². The molecule has 3 atom stereocenters. The van der Waals surface area contributed by atoms with E-state index >= 15 is 0 Å². The quantitative estimate of drug-likeness (QED) is 0.457. The topological polar surface area (TPSA) is 130 Å². The zero-order chi connectivity index (χ0) is 24.0. The minimum absolute atomic E-state index is 0.0657. The Morgan fingerprint density at radius 2 is 1.88 bits per heavy atom. The number of aliphatic hydroxyl groups excluding tert-OH is 2. The van der Waals surface area contributed by atoms with Crippen LogP contribution in [0.25, 0.3) is 17.3 Å². The van der Waals surface area contributed by atoms with E-state index in [2.05, 4.69) is 9.97 Å². The number of halogens is 1. The van der Waals surface area contributed by atoms with Crippen molar-refractivity contribution in [3.05, 3.63) is 47.4 Å². The van der Waals surface area contributed by atoms with Gasteiger partial charge in [-0.2, -0.15) is 4.31 Å². The molecule has 10 heteroatoms. The Kier molecular flexibility index (Phi) is 9.14. The van der Waals surface area contributed by atoms with E-state index in [4.69, 9.17) is 5.11 Å². The third-order valence-corrected chi connectivity index (χ3v) is 5.64. The molecule has 0 aliphatic carbocycles. The summed E-state index contributed by atoms with van der Waals surface area (Å²) in [5, 5.41) is 28.8. The minimum Gasteiger partial charge on any atom is -0.593 e. The van der Waals surface area contributed by atoms with E-state index in [1.54, 1.807) is 25.3 Å². The fourth-order valence-electron chi connectivity index (χ4n) is 3.01. The first kappa shape index (κ1) is 25.7. The fourth-order valence-corrected chi connectivity index (χ4v) is 3.32. The lowest BCUT2D eigenvalue weighted by atomic mass is 9.97. The number of carbonyl (C=O) groups is 1. The number of rotatable bonds is 10. The molecule has 0 aliphatic rings. The largest absolute Gasteiger partial charge is 0.593 e. The lowest BCUT2D eigenvalue weighted by molar-refractivity contribution is -0.139. The maximum Gasteiger partial charge on any atom is 0.305 e. The molecule has 2 aromatic rings. The van der Waals surface area contributed by atoms with Gasteiger partial charge in [-0.1, -0.05) is 26.0 Å². The number of nitrogens with zero attached hydrogens (tertiary/aromatic N) is 3. The highest BCUT2D eigenvalue weighted by Gasteiger charge is 2.22. The second-order valence-corrected chi connectivity index (χ2v) is 9.06. The Morgan fingerprint density at radius 1 is 1.25 bits per heavy atom. The number of hydrogen-bond acceptors (Lipinski definition) is 7. The van der Waals surface area contributed by atoms with Crippen LogP contribution < -0.4 is 4.31 Å². The Hall–Kier alpha value is -2.53. The Balaban J connectivity index is 2.55. The van der Waals surface area contributed by atoms with Gasteiger partial charge in [-0.25, -0.2) is 14.4 Å². The van der Waals surface area contributed by atoms with E-state index in [0.717, 1.165) is 0 Å². The van der Waals surface area contributed by atoms with Gasteiger partial charge in [0.15, 0.2) is 0 Å². The van der Waals surface area contributed by atoms with Gasteiger partial charge >= 0.3 is 5.97 Å². The molecule has 0 spiro atoms. The molecule has 0 saturated heterocycles. The van der Waals surface area contributed by atoms with Crippen LogP contribution in [-0.4, -0.2) is 61.3 Å². The van der Waals surface area contributed by atoms with Crippen LogP contribution in [0.4, 0.5) is 10.3 Å². The molecule has 0 fully saturated rings. The van der Waals surface area contributed by atoms with Gasteiger partial charge in [0.2, 0.25) is 0 Å². The lowest BCUT2D eigenvalue weighted by Gasteiger charge is -2.21. The number of anilines is 1. The summed E-state index contributed by atoms with van der Waals surface area (Å²) in [4.78, 5) is 19.8. The normalized spacial score (nSPS) is 14.5. The van der Waals surface area contributed by atoms with E-state index in [0.29, 0.717) is 22.5 Å². The number of aliphatic hydroxyl groups is 2. The standard InChI is InChI=1S/C22H28FN3O5S/c1-13(2)20-18(10-9-16(27)11-17(28)12-19(29)30)21(14-5-7-15(23)8-6-14)25-22(24-20)26(3)32(4)31/h5-10,13,16-17,27-28H,11-12H2,1-4H3,(H,29,30)/t16-,17-,32?/m1/s1. The van der Waals surface area contributed by atoms with Gasteiger partial charge in [-0.15, -0.1) is 0 Å². The third kappa shape index (κ3) is 6.99. The number of benzene rings is 1. The number of aromatic nitrogens is 2. The Bertz CT molecular complexity index is 953. The molecule has 174 valence electrons. The zero-order valence-electron chi connectivity index (χ0n) is 18.4. The van der Waals surface area contributed by atoms with Crippen molar-refractivity contribution < 1.29 is 29.1 Å². The second-order valence-electron chi connectivity index (χ2n) is 7.67. The summed E-state index contributed by atoms with van der Waals surface area (Å²) in [5.74, 6) is -1.39. The number of hydrogen-bond donors (Lipinski definition) is 3. The van der Waals surface area contributed by atoms with Gasteiger partial charge in [-0.05, 0) is 30.2 Å². The van der Waals surface area contributed by atoms with Crippen molar-refractivity contribution >= 4 is 29.4 Å². The highest BCUT2D eigenvalue weighted by Crippen LogP contribution is 2.31. The first-order valence-electron chi connectivity index (χ1n) is 10.0. The molecule has 1 aromatic heterocycles. The molecule has 32 heavy (non-hydrogen) atoms. The Labute approximate surface area is 189 Å². The Morgan fingerprint density at radius 3 is 2.41 bits per heavy atom. The predicted octanol–water partition coefficient (Wildman–Crippen LogP) is 2.74. The molecule has 1 heterocycles. The molecular weight excluding hydrogens is 437 g/mol. The van der Waals surface area contributed by atoms with Gasteiger partial charge in [0, 0.05) is 17.5 Å². The van der Waals surface area contributed by atoms with Crippen LogP contribution in [0.5, 0.6) is 0 Å². The summed E-state index contributed by atoms with van der Waals surface area (Å²) in [6.07, 6.45) is 1.63. The molecule has 0 saturated carbocycles. The lowest BCUT2D eigenvalue weighted by Crippen LogP contribution is -2.27. The monoisotopic (exact) mass is 465 g/mol. The van der Waals surface area contributed by atoms with E-state index in [1.165, 1.54) is 28.8 Å². The van der Waals surface area contributed by atoms with Crippen molar-refractivity contribution in [2.24, 2.45) is 0 Å². The average Bonchev–Trinajstić information content (AvgIpc) is 2.70. The SMILES string of the molecule is CC(C)c1nc(N(C)[S+](C)[O-])nc(-c2ccc(F)cc2)c1C=C[C@@H](O)C[C@@H](O)CC(=O)O. The zero-order valence-corrected chi connectivity index (χ0v) is 19.2. The van der Waals surface area contributed by atoms with Crippen LogP contribution in [0, 0.1) is 5.82 Å². The average molecular weight is 466 g/mol. The van der Waals surface area contributed by atoms with Crippen molar-refractivity contribution in [2.75, 3.05) is 17.6 Å². The van der Waals surface area contributed by atoms with Crippen molar-refractivity contribution in [2.45, 2.75) is 44.8 Å². The molecule has 0 radical (unpaired) electrons. The number of carboxylic acid groups (broad SMARTS) is 1. The van der Waals surface area contributed by atoms with Crippen LogP contribution in [-0.2, 0) is 16.2 Å². The molecular formula is C22H28FN3O5S. The highest BCUT2D eigenvalue weighted by atomic mass is 32.2. The van der Waals surface area contributed by atoms with Gasteiger partial charge in [0.25, 0.3) is 5.95 Å². The maximum atomic E-state index is 13.5. The first-order valence-corrected chi connectivity index (χ1v) is 11.5. The van der Waals surface area contributed by atoms with Crippen molar-refractivity contribution in [1.29, 1.82) is 0 Å². The molecule has 0 aliphatic heterocycles.